The van der Waals surface area contributed by atoms with Crippen molar-refractivity contribution in [2.24, 2.45) is 11.7 Å². The molecule has 0 spiro atoms. The van der Waals surface area contributed by atoms with Gasteiger partial charge in [0.2, 0.25) is 11.8 Å². The van der Waals surface area contributed by atoms with Gasteiger partial charge in [-0.3, -0.25) is 4.79 Å². The van der Waals surface area contributed by atoms with E-state index >= 15 is 0 Å². The summed E-state index contributed by atoms with van der Waals surface area (Å²) in [7, 11) is 0. The number of nitrogens with one attached hydrogen (secondary N) is 1. The second kappa shape index (κ2) is 4.65. The Bertz CT molecular complexity index is 375. The number of carbonyl (C=O) groups is 1. The summed E-state index contributed by atoms with van der Waals surface area (Å²) < 4.78 is 5.27. The third kappa shape index (κ3) is 2.41. The maximum absolute atomic E-state index is 11.8. The lowest BCUT2D eigenvalue weighted by Crippen LogP contribution is -2.38. The number of oxazole rings is 1. The van der Waals surface area contributed by atoms with E-state index in [2.05, 4.69) is 10.3 Å². The molecule has 0 aromatic carbocycles. The summed E-state index contributed by atoms with van der Waals surface area (Å²) in [6.45, 7) is 2.17. The molecule has 5 nitrogen and oxygen atoms in total. The SMILES string of the molecule is Cc1cnc(CNC(=O)C2CCCC2N)o1. The molecule has 1 amide bonds. The average Bonchev–Trinajstić information content (AvgIpc) is 2.84. The van der Waals surface area contributed by atoms with Crippen LogP contribution >= 0.6 is 0 Å². The molecular weight excluding hydrogens is 206 g/mol. The first kappa shape index (κ1) is 11.1. The first-order valence-electron chi connectivity index (χ1n) is 5.61. The molecule has 1 fully saturated rings. The fourth-order valence-corrected chi connectivity index (χ4v) is 2.09. The Kier molecular flexibility index (Phi) is 3.24. The molecule has 16 heavy (non-hydrogen) atoms. The summed E-state index contributed by atoms with van der Waals surface area (Å²) in [6.07, 6.45) is 4.51. The average molecular weight is 223 g/mol. The van der Waals surface area contributed by atoms with E-state index < -0.39 is 0 Å². The smallest absolute Gasteiger partial charge is 0.225 e. The molecule has 1 heterocycles. The molecule has 0 aliphatic heterocycles. The molecule has 0 saturated heterocycles. The lowest BCUT2D eigenvalue weighted by atomic mass is 10.0. The Hall–Kier alpha value is -1.36. The zero-order chi connectivity index (χ0) is 11.5. The zero-order valence-electron chi connectivity index (χ0n) is 9.40. The maximum atomic E-state index is 11.8. The fourth-order valence-electron chi connectivity index (χ4n) is 2.09. The lowest BCUT2D eigenvalue weighted by Gasteiger charge is -2.14. The van der Waals surface area contributed by atoms with Gasteiger partial charge in [0.25, 0.3) is 0 Å². The van der Waals surface area contributed by atoms with Crippen LogP contribution in [0, 0.1) is 12.8 Å². The van der Waals surface area contributed by atoms with E-state index in [1.54, 1.807) is 6.20 Å². The number of carbonyl (C=O) groups excluding carboxylic acids is 1. The Morgan fingerprint density at radius 1 is 1.69 bits per heavy atom. The molecule has 1 aliphatic carbocycles. The van der Waals surface area contributed by atoms with Gasteiger partial charge in [0.1, 0.15) is 5.76 Å². The molecular formula is C11H17N3O2. The number of hydrogen-bond donors (Lipinski definition) is 2. The number of hydrogen-bond acceptors (Lipinski definition) is 4. The van der Waals surface area contributed by atoms with Gasteiger partial charge in [-0.25, -0.2) is 4.98 Å². The summed E-state index contributed by atoms with van der Waals surface area (Å²) in [5.41, 5.74) is 5.85. The Morgan fingerprint density at radius 2 is 2.50 bits per heavy atom. The quantitative estimate of drug-likeness (QED) is 0.791. The minimum absolute atomic E-state index is 0.00583. The van der Waals surface area contributed by atoms with Crippen molar-refractivity contribution < 1.29 is 9.21 Å². The van der Waals surface area contributed by atoms with Crippen LogP contribution in [0.2, 0.25) is 0 Å². The molecule has 3 N–H and O–H groups in total. The molecule has 2 atom stereocenters. The summed E-state index contributed by atoms with van der Waals surface area (Å²) in [5, 5.41) is 2.81. The topological polar surface area (TPSA) is 81.2 Å². The van der Waals surface area contributed by atoms with Crippen molar-refractivity contribution in [1.29, 1.82) is 0 Å². The molecule has 1 aromatic heterocycles. The Balaban J connectivity index is 1.83. The van der Waals surface area contributed by atoms with Crippen LogP contribution in [0.15, 0.2) is 10.6 Å². The van der Waals surface area contributed by atoms with Gasteiger partial charge in [-0.2, -0.15) is 0 Å². The van der Waals surface area contributed by atoms with E-state index in [4.69, 9.17) is 10.2 Å². The lowest BCUT2D eigenvalue weighted by molar-refractivity contribution is -0.125. The van der Waals surface area contributed by atoms with Gasteiger partial charge in [-0.05, 0) is 19.8 Å². The van der Waals surface area contributed by atoms with E-state index in [9.17, 15) is 4.79 Å². The molecule has 1 saturated carbocycles. The van der Waals surface area contributed by atoms with E-state index in [0.29, 0.717) is 12.4 Å². The number of aromatic nitrogens is 1. The number of nitrogens with zero attached hydrogens (tertiary/aromatic N) is 1. The van der Waals surface area contributed by atoms with Crippen LogP contribution in [0.5, 0.6) is 0 Å². The minimum Gasteiger partial charge on any atom is -0.444 e. The van der Waals surface area contributed by atoms with Gasteiger partial charge in [0, 0.05) is 6.04 Å². The first-order valence-corrected chi connectivity index (χ1v) is 5.61. The van der Waals surface area contributed by atoms with Crippen molar-refractivity contribution in [3.05, 3.63) is 17.8 Å². The number of amides is 1. The number of rotatable bonds is 3. The van der Waals surface area contributed by atoms with E-state index in [0.717, 1.165) is 25.0 Å². The van der Waals surface area contributed by atoms with Gasteiger partial charge in [0.15, 0.2) is 0 Å². The van der Waals surface area contributed by atoms with Gasteiger partial charge in [0.05, 0.1) is 18.7 Å². The van der Waals surface area contributed by atoms with Gasteiger partial charge in [-0.15, -0.1) is 0 Å². The largest absolute Gasteiger partial charge is 0.444 e. The maximum Gasteiger partial charge on any atom is 0.225 e. The molecule has 5 heteroatoms. The van der Waals surface area contributed by atoms with Gasteiger partial charge in [-0.1, -0.05) is 6.42 Å². The Labute approximate surface area is 94.4 Å². The molecule has 1 aliphatic rings. The number of nitrogens with two attached hydrogens (primary N) is 1. The predicted molar refractivity (Wildman–Crippen MR) is 58.4 cm³/mol. The first-order chi connectivity index (χ1) is 7.66. The minimum atomic E-state index is -0.0453. The Morgan fingerprint density at radius 3 is 3.06 bits per heavy atom. The van der Waals surface area contributed by atoms with Crippen molar-refractivity contribution in [3.8, 4) is 0 Å². The standard InChI is InChI=1S/C11H17N3O2/c1-7-5-13-10(16-7)6-14-11(15)8-3-2-4-9(8)12/h5,8-9H,2-4,6,12H2,1H3,(H,14,15). The van der Waals surface area contributed by atoms with Crippen LogP contribution in [-0.2, 0) is 11.3 Å². The van der Waals surface area contributed by atoms with E-state index in [-0.39, 0.29) is 17.9 Å². The summed E-state index contributed by atoms with van der Waals surface area (Å²) >= 11 is 0. The molecule has 2 rings (SSSR count). The highest BCUT2D eigenvalue weighted by molar-refractivity contribution is 5.79. The monoisotopic (exact) mass is 223 g/mol. The molecule has 2 unspecified atom stereocenters. The molecule has 88 valence electrons. The van der Waals surface area contributed by atoms with Crippen molar-refractivity contribution in [2.45, 2.75) is 38.8 Å². The second-order valence-corrected chi connectivity index (χ2v) is 4.28. The highest BCUT2D eigenvalue weighted by atomic mass is 16.4. The van der Waals surface area contributed by atoms with Gasteiger partial charge < -0.3 is 15.5 Å². The molecule has 0 bridgehead atoms. The van der Waals surface area contributed by atoms with Gasteiger partial charge >= 0.3 is 0 Å². The third-order valence-electron chi connectivity index (χ3n) is 2.99. The highest BCUT2D eigenvalue weighted by Gasteiger charge is 2.30. The van der Waals surface area contributed by atoms with Crippen molar-refractivity contribution in [1.82, 2.24) is 10.3 Å². The summed E-state index contributed by atoms with van der Waals surface area (Å²) in [4.78, 5) is 15.8. The van der Waals surface area contributed by atoms with E-state index in [1.807, 2.05) is 6.92 Å². The normalized spacial score (nSPS) is 24.6. The van der Waals surface area contributed by atoms with Crippen LogP contribution in [0.1, 0.15) is 30.9 Å². The highest BCUT2D eigenvalue weighted by Crippen LogP contribution is 2.23. The zero-order valence-corrected chi connectivity index (χ0v) is 9.40. The summed E-state index contributed by atoms with van der Waals surface area (Å²) in [6, 6.07) is 0.00583. The molecule has 0 radical (unpaired) electrons. The molecule has 1 aromatic rings. The van der Waals surface area contributed by atoms with Crippen LogP contribution < -0.4 is 11.1 Å². The van der Waals surface area contributed by atoms with Crippen LogP contribution in [0.4, 0.5) is 0 Å². The predicted octanol–water partition coefficient (Wildman–Crippen LogP) is 0.727. The van der Waals surface area contributed by atoms with Crippen molar-refractivity contribution >= 4 is 5.91 Å². The second-order valence-electron chi connectivity index (χ2n) is 4.28. The summed E-state index contributed by atoms with van der Waals surface area (Å²) in [5.74, 6) is 1.26. The third-order valence-corrected chi connectivity index (χ3v) is 2.99. The van der Waals surface area contributed by atoms with Crippen molar-refractivity contribution in [2.75, 3.05) is 0 Å². The fraction of sp³-hybridized carbons (Fsp3) is 0.636. The van der Waals surface area contributed by atoms with Crippen LogP contribution in [0.25, 0.3) is 0 Å². The van der Waals surface area contributed by atoms with E-state index in [1.165, 1.54) is 0 Å². The van der Waals surface area contributed by atoms with Crippen molar-refractivity contribution in [3.63, 3.8) is 0 Å². The van der Waals surface area contributed by atoms with Crippen LogP contribution in [0.3, 0.4) is 0 Å². The van der Waals surface area contributed by atoms with Crippen LogP contribution in [-0.4, -0.2) is 16.9 Å². The number of aryl methyl sites for hydroxylation is 1.